The summed E-state index contributed by atoms with van der Waals surface area (Å²) in [6, 6.07) is 1.85. The maximum Gasteiger partial charge on any atom is 0.329 e. The van der Waals surface area contributed by atoms with Crippen molar-refractivity contribution >= 4 is 5.97 Å². The van der Waals surface area contributed by atoms with Gasteiger partial charge in [0.2, 0.25) is 5.88 Å². The molecule has 1 aromatic heterocycles. The molecule has 1 aromatic rings. The van der Waals surface area contributed by atoms with Crippen LogP contribution >= 0.6 is 0 Å². The van der Waals surface area contributed by atoms with Crippen LogP contribution < -0.4 is 4.74 Å². The molecule has 1 unspecified atom stereocenters. The third kappa shape index (κ3) is 3.70. The van der Waals surface area contributed by atoms with Gasteiger partial charge in [-0.25, -0.2) is 4.98 Å². The second-order valence-corrected chi connectivity index (χ2v) is 3.44. The first-order valence-corrected chi connectivity index (χ1v) is 5.73. The van der Waals surface area contributed by atoms with Gasteiger partial charge in [0.05, 0.1) is 37.4 Å². The molecule has 1 atom stereocenters. The number of nitriles is 1. The molecule has 0 radical (unpaired) electrons. The Bertz CT molecular complexity index is 442. The summed E-state index contributed by atoms with van der Waals surface area (Å²) in [5, 5.41) is 8.98. The van der Waals surface area contributed by atoms with Crippen LogP contribution in [0.4, 0.5) is 0 Å². The van der Waals surface area contributed by atoms with Gasteiger partial charge in [0, 0.05) is 0 Å². The Morgan fingerprint density at radius 2 is 2.28 bits per heavy atom. The number of carbonyl (C=O) groups excluding carboxylic acids is 1. The van der Waals surface area contributed by atoms with Gasteiger partial charge in [-0.3, -0.25) is 9.78 Å². The Balaban J connectivity index is 2.86. The summed E-state index contributed by atoms with van der Waals surface area (Å²) in [4.78, 5) is 19.5. The van der Waals surface area contributed by atoms with Gasteiger partial charge >= 0.3 is 5.97 Å². The van der Waals surface area contributed by atoms with E-state index in [1.165, 1.54) is 12.4 Å². The van der Waals surface area contributed by atoms with Crippen LogP contribution in [0, 0.1) is 11.3 Å². The number of nitrogens with zero attached hydrogens (tertiary/aromatic N) is 3. The minimum absolute atomic E-state index is 0.219. The number of hydrogen-bond donors (Lipinski definition) is 0. The second-order valence-electron chi connectivity index (χ2n) is 3.44. The van der Waals surface area contributed by atoms with Gasteiger partial charge in [-0.2, -0.15) is 5.26 Å². The third-order valence-corrected chi connectivity index (χ3v) is 2.03. The zero-order chi connectivity index (χ0) is 13.4. The molecule has 6 nitrogen and oxygen atoms in total. The minimum Gasteiger partial charge on any atom is -0.477 e. The van der Waals surface area contributed by atoms with Crippen LogP contribution in [-0.4, -0.2) is 29.2 Å². The van der Waals surface area contributed by atoms with Crippen LogP contribution in [0.1, 0.15) is 31.9 Å². The molecular formula is C12H15N3O3. The smallest absolute Gasteiger partial charge is 0.329 e. The van der Waals surface area contributed by atoms with Crippen molar-refractivity contribution in [1.29, 1.82) is 5.26 Å². The third-order valence-electron chi connectivity index (χ3n) is 2.03. The molecule has 0 aromatic carbocycles. The van der Waals surface area contributed by atoms with E-state index in [-0.39, 0.29) is 12.3 Å². The fourth-order valence-corrected chi connectivity index (χ4v) is 1.24. The first kappa shape index (κ1) is 13.9. The maximum atomic E-state index is 11.5. The van der Waals surface area contributed by atoms with Crippen molar-refractivity contribution in [1.82, 2.24) is 9.97 Å². The second kappa shape index (κ2) is 7.22. The molecule has 0 bridgehead atoms. The molecule has 18 heavy (non-hydrogen) atoms. The summed E-state index contributed by atoms with van der Waals surface area (Å²) in [5.74, 6) is -1.39. The van der Waals surface area contributed by atoms with Crippen LogP contribution in [-0.2, 0) is 9.53 Å². The van der Waals surface area contributed by atoms with E-state index in [0.717, 1.165) is 6.42 Å². The average Bonchev–Trinajstić information content (AvgIpc) is 2.38. The van der Waals surface area contributed by atoms with E-state index in [1.54, 1.807) is 6.92 Å². The number of ether oxygens (including phenoxy) is 2. The van der Waals surface area contributed by atoms with E-state index < -0.39 is 11.9 Å². The lowest BCUT2D eigenvalue weighted by Crippen LogP contribution is -2.16. The Morgan fingerprint density at radius 3 is 2.89 bits per heavy atom. The monoisotopic (exact) mass is 249 g/mol. The zero-order valence-corrected chi connectivity index (χ0v) is 10.4. The van der Waals surface area contributed by atoms with E-state index in [1.807, 2.05) is 13.0 Å². The van der Waals surface area contributed by atoms with E-state index >= 15 is 0 Å². The normalized spacial score (nSPS) is 11.4. The predicted octanol–water partition coefficient (Wildman–Crippen LogP) is 1.44. The molecule has 0 aliphatic heterocycles. The quantitative estimate of drug-likeness (QED) is 0.709. The molecule has 0 fully saturated rings. The molecule has 0 saturated heterocycles. The van der Waals surface area contributed by atoms with Crippen molar-refractivity contribution < 1.29 is 14.3 Å². The number of hydrogen-bond acceptors (Lipinski definition) is 6. The lowest BCUT2D eigenvalue weighted by molar-refractivity contribution is -0.143. The topological polar surface area (TPSA) is 85.1 Å². The predicted molar refractivity (Wildman–Crippen MR) is 62.8 cm³/mol. The molecule has 0 saturated carbocycles. The molecule has 6 heteroatoms. The first-order valence-electron chi connectivity index (χ1n) is 5.73. The van der Waals surface area contributed by atoms with Crippen LogP contribution in [0.5, 0.6) is 5.88 Å². The molecule has 0 amide bonds. The molecule has 1 rings (SSSR count). The summed E-state index contributed by atoms with van der Waals surface area (Å²) < 4.78 is 10.1. The lowest BCUT2D eigenvalue weighted by atomic mass is 10.1. The fourth-order valence-electron chi connectivity index (χ4n) is 1.24. The van der Waals surface area contributed by atoms with Crippen LogP contribution in [0.3, 0.4) is 0 Å². The summed E-state index contributed by atoms with van der Waals surface area (Å²) in [6.45, 7) is 4.37. The standard InChI is InChI=1S/C12H15N3O3/c1-3-5-18-11-8-14-7-10(15-11)9(6-13)12(16)17-4-2/h7-9H,3-5H2,1-2H3. The number of esters is 1. The van der Waals surface area contributed by atoms with Crippen LogP contribution in [0.15, 0.2) is 12.4 Å². The SMILES string of the molecule is CCCOc1cncc(C(C#N)C(=O)OCC)n1. The lowest BCUT2D eigenvalue weighted by Gasteiger charge is -2.09. The van der Waals surface area contributed by atoms with Gasteiger partial charge in [0.15, 0.2) is 5.92 Å². The molecule has 0 spiro atoms. The molecular weight excluding hydrogens is 234 g/mol. The maximum absolute atomic E-state index is 11.5. The molecule has 0 aliphatic rings. The summed E-state index contributed by atoms with van der Waals surface area (Å²) in [5.41, 5.74) is 0.240. The summed E-state index contributed by atoms with van der Waals surface area (Å²) in [6.07, 6.45) is 3.65. The minimum atomic E-state index is -1.07. The van der Waals surface area contributed by atoms with Gasteiger partial charge in [0.1, 0.15) is 0 Å². The average molecular weight is 249 g/mol. The fraction of sp³-hybridized carbons (Fsp3) is 0.500. The largest absolute Gasteiger partial charge is 0.477 e. The molecule has 1 heterocycles. The summed E-state index contributed by atoms with van der Waals surface area (Å²) >= 11 is 0. The van der Waals surface area contributed by atoms with E-state index in [0.29, 0.717) is 12.5 Å². The number of aromatic nitrogens is 2. The zero-order valence-electron chi connectivity index (χ0n) is 10.4. The van der Waals surface area contributed by atoms with Gasteiger partial charge < -0.3 is 9.47 Å². The van der Waals surface area contributed by atoms with E-state index in [9.17, 15) is 4.79 Å². The Hall–Kier alpha value is -2.16. The van der Waals surface area contributed by atoms with Gasteiger partial charge in [-0.05, 0) is 13.3 Å². The van der Waals surface area contributed by atoms with Gasteiger partial charge in [-0.15, -0.1) is 0 Å². The van der Waals surface area contributed by atoms with E-state index in [4.69, 9.17) is 14.7 Å². The highest BCUT2D eigenvalue weighted by Crippen LogP contribution is 2.16. The number of carbonyl (C=O) groups is 1. The molecule has 0 aliphatic carbocycles. The highest BCUT2D eigenvalue weighted by molar-refractivity contribution is 5.80. The van der Waals surface area contributed by atoms with Crippen molar-refractivity contribution in [3.05, 3.63) is 18.1 Å². The molecule has 96 valence electrons. The van der Waals surface area contributed by atoms with Gasteiger partial charge in [-0.1, -0.05) is 6.92 Å². The highest BCUT2D eigenvalue weighted by atomic mass is 16.5. The van der Waals surface area contributed by atoms with Crippen molar-refractivity contribution in [2.75, 3.05) is 13.2 Å². The van der Waals surface area contributed by atoms with Crippen molar-refractivity contribution in [3.8, 4) is 11.9 Å². The highest BCUT2D eigenvalue weighted by Gasteiger charge is 2.23. The number of rotatable bonds is 6. The van der Waals surface area contributed by atoms with Gasteiger partial charge in [0.25, 0.3) is 0 Å². The van der Waals surface area contributed by atoms with Crippen molar-refractivity contribution in [2.24, 2.45) is 0 Å². The van der Waals surface area contributed by atoms with E-state index in [2.05, 4.69) is 9.97 Å². The Kier molecular flexibility index (Phi) is 5.58. The summed E-state index contributed by atoms with van der Waals surface area (Å²) in [7, 11) is 0. The first-order chi connectivity index (χ1) is 8.72. The molecule has 0 N–H and O–H groups in total. The Morgan fingerprint density at radius 1 is 1.50 bits per heavy atom. The van der Waals surface area contributed by atoms with Crippen molar-refractivity contribution in [2.45, 2.75) is 26.2 Å². The van der Waals surface area contributed by atoms with Crippen LogP contribution in [0.2, 0.25) is 0 Å². The van der Waals surface area contributed by atoms with Crippen molar-refractivity contribution in [3.63, 3.8) is 0 Å². The Labute approximate surface area is 106 Å². The van der Waals surface area contributed by atoms with Crippen LogP contribution in [0.25, 0.3) is 0 Å².